The van der Waals surface area contributed by atoms with Crippen LogP contribution in [0.4, 0.5) is 34.9 Å². The van der Waals surface area contributed by atoms with E-state index in [0.717, 1.165) is 55.5 Å². The largest absolute Gasteiger partial charge is 0.573 e. The highest BCUT2D eigenvalue weighted by molar-refractivity contribution is 6.05. The Bertz CT molecular complexity index is 1670. The van der Waals surface area contributed by atoms with Gasteiger partial charge in [-0.3, -0.25) is 9.69 Å². The summed E-state index contributed by atoms with van der Waals surface area (Å²) in [6.45, 7) is 7.61. The van der Waals surface area contributed by atoms with Gasteiger partial charge in [-0.05, 0) is 73.5 Å². The molecule has 0 radical (unpaired) electrons. The van der Waals surface area contributed by atoms with Crippen molar-refractivity contribution in [3.8, 4) is 22.8 Å². The summed E-state index contributed by atoms with van der Waals surface area (Å²) in [5.74, 6) is -1.31. The molecule has 1 aliphatic rings. The van der Waals surface area contributed by atoms with E-state index in [1.165, 1.54) is 37.6 Å². The number of nitrogens with zero attached hydrogens (tertiary/aromatic N) is 3. The molecule has 1 atom stereocenters. The minimum absolute atomic E-state index is 0.00356. The molecule has 1 aliphatic heterocycles. The van der Waals surface area contributed by atoms with Gasteiger partial charge in [-0.25, -0.2) is 14.4 Å². The first-order valence-corrected chi connectivity index (χ1v) is 14.2. The van der Waals surface area contributed by atoms with Crippen LogP contribution in [0.3, 0.4) is 0 Å². The van der Waals surface area contributed by atoms with E-state index in [0.29, 0.717) is 17.3 Å². The quantitative estimate of drug-likeness (QED) is 0.187. The fourth-order valence-electron chi connectivity index (χ4n) is 4.99. The zero-order chi connectivity index (χ0) is 32.1. The van der Waals surface area contributed by atoms with E-state index in [1.807, 2.05) is 25.1 Å². The average Bonchev–Trinajstić information content (AvgIpc) is 2.99. The number of halogens is 4. The molecule has 1 fully saturated rings. The van der Waals surface area contributed by atoms with Gasteiger partial charge in [-0.15, -0.1) is 13.2 Å². The van der Waals surface area contributed by atoms with Crippen molar-refractivity contribution in [3.63, 3.8) is 0 Å². The molecule has 0 spiro atoms. The third kappa shape index (κ3) is 8.25. The SMILES string of the molecule is COc1cnc(Nc2ccc(C(=O)Nc3cc(CN4CCNC(C)C4)ccc3C)cc2F)nc1-c1ccc(OC(F)(F)F)cc1. The van der Waals surface area contributed by atoms with Crippen LogP contribution in [0.2, 0.25) is 0 Å². The topological polar surface area (TPSA) is 101 Å². The van der Waals surface area contributed by atoms with Crippen molar-refractivity contribution in [2.45, 2.75) is 32.8 Å². The number of carbonyl (C=O) groups is 1. The lowest BCUT2D eigenvalue weighted by Gasteiger charge is -2.32. The van der Waals surface area contributed by atoms with E-state index in [2.05, 4.69) is 42.5 Å². The number of methoxy groups -OCH3 is 1. The molecule has 236 valence electrons. The van der Waals surface area contributed by atoms with Crippen molar-refractivity contribution >= 4 is 23.2 Å². The molecular weight excluding hydrogens is 592 g/mol. The number of piperazine rings is 1. The summed E-state index contributed by atoms with van der Waals surface area (Å²) in [4.78, 5) is 23.9. The van der Waals surface area contributed by atoms with Crippen molar-refractivity contribution in [2.24, 2.45) is 0 Å². The summed E-state index contributed by atoms with van der Waals surface area (Å²) in [5, 5.41) is 9.11. The number of ether oxygens (including phenoxy) is 2. The molecule has 1 aromatic heterocycles. The number of rotatable bonds is 9. The van der Waals surface area contributed by atoms with Crippen molar-refractivity contribution in [3.05, 3.63) is 89.4 Å². The van der Waals surface area contributed by atoms with Crippen LogP contribution in [0.5, 0.6) is 11.5 Å². The van der Waals surface area contributed by atoms with Crippen LogP contribution in [-0.4, -0.2) is 59.9 Å². The van der Waals surface area contributed by atoms with Crippen LogP contribution in [0.25, 0.3) is 11.3 Å². The molecular formula is C32H32F4N6O3. The molecule has 0 aliphatic carbocycles. The Labute approximate surface area is 257 Å². The highest BCUT2D eigenvalue weighted by Gasteiger charge is 2.31. The van der Waals surface area contributed by atoms with Gasteiger partial charge < -0.3 is 25.4 Å². The predicted molar refractivity (Wildman–Crippen MR) is 162 cm³/mol. The number of aromatic nitrogens is 2. The normalized spacial score (nSPS) is 15.4. The molecule has 5 rings (SSSR count). The molecule has 1 amide bonds. The first-order chi connectivity index (χ1) is 21.5. The highest BCUT2D eigenvalue weighted by Crippen LogP contribution is 2.32. The average molecular weight is 625 g/mol. The van der Waals surface area contributed by atoms with Crippen molar-refractivity contribution in [1.82, 2.24) is 20.2 Å². The summed E-state index contributed by atoms with van der Waals surface area (Å²) in [5.41, 5.74) is 3.42. The summed E-state index contributed by atoms with van der Waals surface area (Å²) < 4.78 is 62.0. The van der Waals surface area contributed by atoms with Crippen LogP contribution < -0.4 is 25.4 Å². The van der Waals surface area contributed by atoms with Gasteiger partial charge in [0, 0.05) is 49.0 Å². The van der Waals surface area contributed by atoms with Gasteiger partial charge in [-0.1, -0.05) is 12.1 Å². The molecule has 1 saturated heterocycles. The van der Waals surface area contributed by atoms with Crippen LogP contribution in [0.1, 0.15) is 28.4 Å². The molecule has 45 heavy (non-hydrogen) atoms. The molecule has 3 aromatic carbocycles. The number of nitrogens with one attached hydrogen (secondary N) is 3. The lowest BCUT2D eigenvalue weighted by Crippen LogP contribution is -2.48. The van der Waals surface area contributed by atoms with E-state index < -0.39 is 23.8 Å². The molecule has 0 bridgehead atoms. The van der Waals surface area contributed by atoms with Gasteiger partial charge in [-0.2, -0.15) is 0 Å². The van der Waals surface area contributed by atoms with Gasteiger partial charge in [0.1, 0.15) is 17.3 Å². The summed E-state index contributed by atoms with van der Waals surface area (Å²) >= 11 is 0. The van der Waals surface area contributed by atoms with Gasteiger partial charge >= 0.3 is 6.36 Å². The predicted octanol–water partition coefficient (Wildman–Crippen LogP) is 6.29. The number of hydrogen-bond acceptors (Lipinski definition) is 8. The van der Waals surface area contributed by atoms with E-state index in [9.17, 15) is 18.0 Å². The number of aryl methyl sites for hydroxylation is 1. The summed E-state index contributed by atoms with van der Waals surface area (Å²) in [6.07, 6.45) is -3.47. The minimum Gasteiger partial charge on any atom is -0.493 e. The number of carbonyl (C=O) groups excluding carboxylic acids is 1. The lowest BCUT2D eigenvalue weighted by atomic mass is 10.1. The number of benzene rings is 3. The second-order valence-electron chi connectivity index (χ2n) is 10.7. The van der Waals surface area contributed by atoms with Crippen molar-refractivity contribution in [2.75, 3.05) is 37.4 Å². The van der Waals surface area contributed by atoms with Crippen LogP contribution in [0, 0.1) is 12.7 Å². The van der Waals surface area contributed by atoms with Crippen LogP contribution in [-0.2, 0) is 6.54 Å². The van der Waals surface area contributed by atoms with Gasteiger partial charge in [0.05, 0.1) is 19.0 Å². The standard InChI is InChI=1S/C32H32F4N6O3/c1-19-4-5-21(18-42-13-12-37-20(2)17-42)14-27(19)39-30(43)23-8-11-26(25(33)15-23)40-31-38-16-28(44-3)29(41-31)22-6-9-24(10-7-22)45-32(34,35)36/h4-11,14-16,20,37H,12-13,17-18H2,1-3H3,(H,39,43)(H,38,40,41). The Balaban J connectivity index is 1.28. The zero-order valence-corrected chi connectivity index (χ0v) is 24.8. The third-order valence-corrected chi connectivity index (χ3v) is 7.22. The van der Waals surface area contributed by atoms with Crippen molar-refractivity contribution < 1.29 is 31.8 Å². The molecule has 0 saturated carbocycles. The number of hydrogen-bond donors (Lipinski definition) is 3. The van der Waals surface area contributed by atoms with Gasteiger partial charge in [0.15, 0.2) is 5.75 Å². The molecule has 1 unspecified atom stereocenters. The highest BCUT2D eigenvalue weighted by atomic mass is 19.4. The molecule has 13 heteroatoms. The fourth-order valence-corrected chi connectivity index (χ4v) is 4.99. The molecule has 9 nitrogen and oxygen atoms in total. The van der Waals surface area contributed by atoms with Crippen molar-refractivity contribution in [1.29, 1.82) is 0 Å². The first kappa shape index (κ1) is 31.7. The zero-order valence-electron chi connectivity index (χ0n) is 24.8. The Morgan fingerprint density at radius 1 is 1.09 bits per heavy atom. The maximum atomic E-state index is 15.2. The maximum absolute atomic E-state index is 15.2. The second-order valence-corrected chi connectivity index (χ2v) is 10.7. The molecule has 3 N–H and O–H groups in total. The van der Waals surface area contributed by atoms with E-state index in [1.54, 1.807) is 0 Å². The molecule has 2 heterocycles. The number of amides is 1. The van der Waals surface area contributed by atoms with Crippen LogP contribution >= 0.6 is 0 Å². The Morgan fingerprint density at radius 2 is 1.87 bits per heavy atom. The summed E-state index contributed by atoms with van der Waals surface area (Å²) in [7, 11) is 1.39. The van der Waals surface area contributed by atoms with E-state index in [-0.39, 0.29) is 28.6 Å². The monoisotopic (exact) mass is 624 g/mol. The van der Waals surface area contributed by atoms with E-state index in [4.69, 9.17) is 4.74 Å². The lowest BCUT2D eigenvalue weighted by molar-refractivity contribution is -0.274. The van der Waals surface area contributed by atoms with E-state index >= 15 is 4.39 Å². The van der Waals surface area contributed by atoms with Gasteiger partial charge in [0.25, 0.3) is 5.91 Å². The van der Waals surface area contributed by atoms with Gasteiger partial charge in [0.2, 0.25) is 5.95 Å². The van der Waals surface area contributed by atoms with Crippen LogP contribution in [0.15, 0.2) is 66.9 Å². The third-order valence-electron chi connectivity index (χ3n) is 7.22. The Morgan fingerprint density at radius 3 is 2.56 bits per heavy atom. The fraction of sp³-hybridized carbons (Fsp3) is 0.281. The molecule has 4 aromatic rings. The Kier molecular flexibility index (Phi) is 9.49. The Hall–Kier alpha value is -4.75. The minimum atomic E-state index is -4.82. The number of alkyl halides is 3. The smallest absolute Gasteiger partial charge is 0.493 e. The number of anilines is 3. The maximum Gasteiger partial charge on any atom is 0.573 e. The summed E-state index contributed by atoms with van der Waals surface area (Å²) in [6, 6.07) is 15.4. The first-order valence-electron chi connectivity index (χ1n) is 14.2. The second kappa shape index (κ2) is 13.5.